The molecule has 12 N–H and O–H groups in total. The predicted molar refractivity (Wildman–Crippen MR) is 195 cm³/mol. The first-order valence-electron chi connectivity index (χ1n) is 15.0. The van der Waals surface area contributed by atoms with Crippen molar-refractivity contribution in [1.82, 2.24) is 20.4 Å². The molecule has 18 nitrogen and oxygen atoms in total. The molecular weight excluding hydrogens is 769 g/mol. The molecule has 0 spiro atoms. The number of amides is 4. The number of nitrogens with one attached hydrogen (secondary N) is 2. The SMILES string of the molecule is CC1(C)S[C@@H]2[C@H](NC(=O)COc3ccccc3)C(=O)N2[C@H]1C(=O)O.CC1(C)S[C@@H]2[C@H](NC(=O)COc3ccccc3)C(=O)N2[C@H]1C(=O)O.O.O.O.O.[Ca]. The molecule has 4 amide bonds. The first-order chi connectivity index (χ1) is 22.6. The van der Waals surface area contributed by atoms with Gasteiger partial charge in [-0.15, -0.1) is 23.5 Å². The minimum absolute atomic E-state index is 0. The number of carbonyl (C=O) groups excluding carboxylic acids is 4. The topological polar surface area (TPSA) is 318 Å². The Morgan fingerprint density at radius 1 is 0.642 bits per heavy atom. The van der Waals surface area contributed by atoms with Crippen LogP contribution in [-0.2, 0) is 28.8 Å². The van der Waals surface area contributed by atoms with E-state index in [1.165, 1.54) is 33.3 Å². The third-order valence-electron chi connectivity index (χ3n) is 8.21. The normalized spacial score (nSPS) is 24.6. The molecule has 2 aromatic rings. The van der Waals surface area contributed by atoms with Crippen molar-refractivity contribution in [1.29, 1.82) is 0 Å². The molecule has 0 aliphatic carbocycles. The van der Waals surface area contributed by atoms with Gasteiger partial charge in [-0.2, -0.15) is 0 Å². The van der Waals surface area contributed by atoms with Crippen LogP contribution >= 0.6 is 23.5 Å². The van der Waals surface area contributed by atoms with E-state index < -0.39 is 57.4 Å². The average molecular weight is 813 g/mol. The van der Waals surface area contributed by atoms with Crippen molar-refractivity contribution in [3.63, 3.8) is 0 Å². The van der Waals surface area contributed by atoms with Gasteiger partial charge < -0.3 is 62.0 Å². The standard InChI is InChI=1S/2C16H18N2O5S.Ca.4H2O/c2*1-16(2)12(15(21)22)18-13(20)11(14(18)24-16)17-10(19)8-23-9-6-4-3-5-7-9;;;;;/h2*3-7,11-12,14H,8H2,1-2H3,(H,17,19)(H,21,22);;4*1H2/t2*11-,12+,14-;;;;;/m11...../s1. The predicted octanol–water partition coefficient (Wildman–Crippen LogP) is -2.29. The van der Waals surface area contributed by atoms with Crippen LogP contribution in [-0.4, -0.2) is 173 Å². The monoisotopic (exact) mass is 812 g/mol. The molecule has 53 heavy (non-hydrogen) atoms. The molecule has 4 heterocycles. The van der Waals surface area contributed by atoms with Gasteiger partial charge in [0.1, 0.15) is 46.4 Å². The van der Waals surface area contributed by atoms with Crippen LogP contribution in [0.4, 0.5) is 0 Å². The minimum Gasteiger partial charge on any atom is -0.484 e. The Morgan fingerprint density at radius 2 is 0.943 bits per heavy atom. The number of fused-ring (bicyclic) bond motifs is 2. The van der Waals surface area contributed by atoms with E-state index in [4.69, 9.17) is 9.47 Å². The Bertz CT molecular complexity index is 1490. The number of carboxylic acid groups (broad SMARTS) is 2. The summed E-state index contributed by atoms with van der Waals surface area (Å²) >= 11 is 2.78. The number of β-lactam (4-membered cyclic amide) rings is 2. The van der Waals surface area contributed by atoms with Gasteiger partial charge in [-0.25, -0.2) is 9.59 Å². The summed E-state index contributed by atoms with van der Waals surface area (Å²) in [7, 11) is 0. The molecule has 2 aromatic carbocycles. The second-order valence-electron chi connectivity index (χ2n) is 12.5. The van der Waals surface area contributed by atoms with Gasteiger partial charge in [-0.05, 0) is 52.0 Å². The molecule has 4 fully saturated rings. The summed E-state index contributed by atoms with van der Waals surface area (Å²) in [6.07, 6.45) is 0. The Balaban J connectivity index is 0.000000932. The van der Waals surface area contributed by atoms with Gasteiger partial charge >= 0.3 is 11.9 Å². The van der Waals surface area contributed by atoms with Crippen LogP contribution in [0.3, 0.4) is 0 Å². The fraction of sp³-hybridized carbons (Fsp3) is 0.438. The van der Waals surface area contributed by atoms with E-state index in [1.807, 2.05) is 12.1 Å². The maximum atomic E-state index is 12.2. The van der Waals surface area contributed by atoms with Crippen LogP contribution in [0.2, 0.25) is 0 Å². The molecule has 290 valence electrons. The number of carbonyl (C=O) groups is 6. The van der Waals surface area contributed by atoms with Crippen molar-refractivity contribution in [3.05, 3.63) is 60.7 Å². The molecule has 0 aromatic heterocycles. The molecule has 4 saturated heterocycles. The van der Waals surface area contributed by atoms with Gasteiger partial charge in [0, 0.05) is 47.2 Å². The first-order valence-corrected chi connectivity index (χ1v) is 16.8. The Labute approximate surface area is 342 Å². The Morgan fingerprint density at radius 3 is 1.23 bits per heavy atom. The molecule has 2 radical (unpaired) electrons. The summed E-state index contributed by atoms with van der Waals surface area (Å²) in [5.41, 5.74) is 0. The van der Waals surface area contributed by atoms with Gasteiger partial charge in [-0.1, -0.05) is 36.4 Å². The molecule has 0 unspecified atom stereocenters. The Kier molecular flexibility index (Phi) is 18.6. The van der Waals surface area contributed by atoms with Crippen molar-refractivity contribution in [3.8, 4) is 11.5 Å². The van der Waals surface area contributed by atoms with E-state index >= 15 is 0 Å². The number of hydrogen-bond acceptors (Lipinski definition) is 10. The maximum Gasteiger partial charge on any atom is 0.327 e. The summed E-state index contributed by atoms with van der Waals surface area (Å²) in [5, 5.41) is 23.3. The zero-order chi connectivity index (χ0) is 35.0. The molecular formula is C32H44CaN4O14S2. The Hall–Kier alpha value is -3.34. The second kappa shape index (κ2) is 19.8. The number of hydrogen-bond donors (Lipinski definition) is 4. The van der Waals surface area contributed by atoms with Crippen LogP contribution in [0.15, 0.2) is 60.7 Å². The molecule has 4 aliphatic heterocycles. The van der Waals surface area contributed by atoms with E-state index in [-0.39, 0.29) is 95.4 Å². The zero-order valence-electron chi connectivity index (χ0n) is 29.2. The number of para-hydroxylation sites is 2. The van der Waals surface area contributed by atoms with E-state index in [1.54, 1.807) is 76.2 Å². The average Bonchev–Trinajstić information content (AvgIpc) is 3.46. The number of ether oxygens (including phenoxy) is 2. The van der Waals surface area contributed by atoms with Crippen LogP contribution in [0.1, 0.15) is 27.7 Å². The second-order valence-corrected chi connectivity index (χ2v) is 16.0. The third-order valence-corrected chi connectivity index (χ3v) is 11.4. The van der Waals surface area contributed by atoms with Crippen LogP contribution in [0, 0.1) is 0 Å². The molecule has 21 heteroatoms. The molecule has 6 atom stereocenters. The fourth-order valence-electron chi connectivity index (χ4n) is 6.05. The number of rotatable bonds is 10. The van der Waals surface area contributed by atoms with E-state index in [2.05, 4.69) is 10.6 Å². The number of aliphatic carboxylic acids is 2. The largest absolute Gasteiger partial charge is 0.484 e. The van der Waals surface area contributed by atoms with E-state index in [0.717, 1.165) is 0 Å². The van der Waals surface area contributed by atoms with Crippen molar-refractivity contribution in [2.75, 3.05) is 13.2 Å². The molecule has 0 saturated carbocycles. The number of carboxylic acids is 2. The summed E-state index contributed by atoms with van der Waals surface area (Å²) in [6, 6.07) is 14.6. The smallest absolute Gasteiger partial charge is 0.327 e. The molecule has 0 bridgehead atoms. The van der Waals surface area contributed by atoms with Crippen molar-refractivity contribution >= 4 is 96.8 Å². The van der Waals surface area contributed by atoms with Crippen molar-refractivity contribution < 1.29 is 70.4 Å². The van der Waals surface area contributed by atoms with Crippen LogP contribution in [0.5, 0.6) is 11.5 Å². The summed E-state index contributed by atoms with van der Waals surface area (Å²) in [5.74, 6) is -2.46. The molecule has 4 aliphatic rings. The van der Waals surface area contributed by atoms with Gasteiger partial charge in [0.25, 0.3) is 11.8 Å². The fourth-order valence-corrected chi connectivity index (χ4v) is 9.30. The number of nitrogens with zero attached hydrogens (tertiary/aromatic N) is 2. The van der Waals surface area contributed by atoms with Crippen LogP contribution < -0.4 is 20.1 Å². The van der Waals surface area contributed by atoms with Crippen LogP contribution in [0.25, 0.3) is 0 Å². The summed E-state index contributed by atoms with van der Waals surface area (Å²) in [4.78, 5) is 74.0. The molecule has 6 rings (SSSR count). The van der Waals surface area contributed by atoms with Gasteiger partial charge in [0.2, 0.25) is 11.8 Å². The zero-order valence-corrected chi connectivity index (χ0v) is 33.1. The number of thioether (sulfide) groups is 2. The summed E-state index contributed by atoms with van der Waals surface area (Å²) < 4.78 is 9.48. The van der Waals surface area contributed by atoms with Gasteiger partial charge in [0.05, 0.1) is 0 Å². The quantitative estimate of drug-likeness (QED) is 0.146. The number of benzene rings is 2. The third kappa shape index (κ3) is 10.5. The van der Waals surface area contributed by atoms with E-state index in [9.17, 15) is 39.0 Å². The minimum atomic E-state index is -1.03. The van der Waals surface area contributed by atoms with Gasteiger partial charge in [0.15, 0.2) is 13.2 Å². The van der Waals surface area contributed by atoms with Crippen molar-refractivity contribution in [2.24, 2.45) is 0 Å². The first kappa shape index (κ1) is 49.7. The van der Waals surface area contributed by atoms with E-state index in [0.29, 0.717) is 11.5 Å². The maximum absolute atomic E-state index is 12.2. The van der Waals surface area contributed by atoms with Gasteiger partial charge in [-0.3, -0.25) is 19.2 Å². The summed E-state index contributed by atoms with van der Waals surface area (Å²) in [6.45, 7) is 6.77. The van der Waals surface area contributed by atoms with Crippen molar-refractivity contribution in [2.45, 2.75) is 72.1 Å².